The van der Waals surface area contributed by atoms with Gasteiger partial charge in [0.25, 0.3) is 0 Å². The fourth-order valence-electron chi connectivity index (χ4n) is 3.60. The van der Waals surface area contributed by atoms with Crippen LogP contribution in [0.25, 0.3) is 0 Å². The van der Waals surface area contributed by atoms with Gasteiger partial charge in [-0.05, 0) is 48.1 Å². The van der Waals surface area contributed by atoms with Gasteiger partial charge in [0.05, 0.1) is 18.8 Å². The molecule has 0 saturated carbocycles. The van der Waals surface area contributed by atoms with Gasteiger partial charge in [0, 0.05) is 13.1 Å². The average Bonchev–Trinajstić information content (AvgIpc) is 3.14. The molecule has 0 amide bonds. The number of aliphatic hydroxyl groups is 1. The summed E-state index contributed by atoms with van der Waals surface area (Å²) in [7, 11) is 0. The molecule has 0 fully saturated rings. The van der Waals surface area contributed by atoms with Crippen molar-refractivity contribution < 1.29 is 19.3 Å². The second-order valence-electron chi connectivity index (χ2n) is 6.89. The van der Waals surface area contributed by atoms with E-state index in [9.17, 15) is 5.11 Å². The van der Waals surface area contributed by atoms with Gasteiger partial charge in [0.15, 0.2) is 11.5 Å². The normalized spacial score (nSPS) is 19.2. The molecule has 26 heavy (non-hydrogen) atoms. The summed E-state index contributed by atoms with van der Waals surface area (Å²) < 4.78 is 16.7. The summed E-state index contributed by atoms with van der Waals surface area (Å²) in [5, 5.41) is 13.5. The highest BCUT2D eigenvalue weighted by molar-refractivity contribution is 5.44. The van der Waals surface area contributed by atoms with E-state index >= 15 is 0 Å². The average molecular weight is 355 g/mol. The van der Waals surface area contributed by atoms with E-state index in [1.54, 1.807) is 0 Å². The van der Waals surface area contributed by atoms with Crippen molar-refractivity contribution in [3.63, 3.8) is 0 Å². The third-order valence-electron chi connectivity index (χ3n) is 4.95. The van der Waals surface area contributed by atoms with Crippen LogP contribution in [0.3, 0.4) is 0 Å². The molecule has 138 valence electrons. The molecule has 2 aromatic carbocycles. The molecule has 0 radical (unpaired) electrons. The minimum Gasteiger partial charge on any atom is -0.454 e. The van der Waals surface area contributed by atoms with Crippen LogP contribution in [0.2, 0.25) is 0 Å². The van der Waals surface area contributed by atoms with E-state index in [4.69, 9.17) is 14.2 Å². The van der Waals surface area contributed by atoms with Crippen LogP contribution in [0.4, 0.5) is 0 Å². The first-order chi connectivity index (χ1) is 12.8. The van der Waals surface area contributed by atoms with Crippen molar-refractivity contribution in [3.8, 4) is 11.5 Å². The largest absolute Gasteiger partial charge is 0.454 e. The molecule has 2 atom stereocenters. The molecule has 2 aliphatic rings. The maximum atomic E-state index is 10.2. The van der Waals surface area contributed by atoms with Crippen LogP contribution < -0.4 is 14.8 Å². The van der Waals surface area contributed by atoms with Gasteiger partial charge in [0.1, 0.15) is 0 Å². The van der Waals surface area contributed by atoms with E-state index in [-0.39, 0.29) is 12.9 Å². The Kier molecular flexibility index (Phi) is 5.39. The van der Waals surface area contributed by atoms with Gasteiger partial charge < -0.3 is 24.6 Å². The summed E-state index contributed by atoms with van der Waals surface area (Å²) >= 11 is 0. The van der Waals surface area contributed by atoms with Crippen molar-refractivity contribution in [1.82, 2.24) is 5.32 Å². The predicted molar refractivity (Wildman–Crippen MR) is 98.4 cm³/mol. The Morgan fingerprint density at radius 1 is 1.15 bits per heavy atom. The Morgan fingerprint density at radius 2 is 2.04 bits per heavy atom. The lowest BCUT2D eigenvalue weighted by molar-refractivity contribution is -0.0167. The molecule has 1 aliphatic carbocycles. The Labute approximate surface area is 153 Å². The smallest absolute Gasteiger partial charge is 0.231 e. The van der Waals surface area contributed by atoms with Crippen molar-refractivity contribution in [2.45, 2.75) is 38.0 Å². The first kappa shape index (κ1) is 17.3. The molecule has 4 rings (SSSR count). The second-order valence-corrected chi connectivity index (χ2v) is 6.89. The first-order valence-electron chi connectivity index (χ1n) is 9.26. The molecule has 1 heterocycles. The number of hydrogen-bond acceptors (Lipinski definition) is 5. The summed E-state index contributed by atoms with van der Waals surface area (Å²) in [6.45, 7) is 1.78. The predicted octanol–water partition coefficient (Wildman–Crippen LogP) is 2.96. The Hall–Kier alpha value is -2.08. The van der Waals surface area contributed by atoms with Crippen LogP contribution in [0, 0.1) is 0 Å². The van der Waals surface area contributed by atoms with Gasteiger partial charge in [-0.3, -0.25) is 0 Å². The maximum Gasteiger partial charge on any atom is 0.231 e. The standard InChI is InChI=1S/C21H25NO4/c23-17(12-22-11-15-8-9-20-21(10-15)26-14-25-20)13-24-19-7-3-5-16-4-1-2-6-18(16)19/h1-2,4,6,8-10,17,19,22-23H,3,5,7,11-14H2/t17-,19+/m0/s1. The van der Waals surface area contributed by atoms with E-state index < -0.39 is 6.10 Å². The van der Waals surface area contributed by atoms with E-state index in [2.05, 4.69) is 29.6 Å². The highest BCUT2D eigenvalue weighted by Crippen LogP contribution is 2.33. The maximum absolute atomic E-state index is 10.2. The van der Waals surface area contributed by atoms with Crippen molar-refractivity contribution in [2.75, 3.05) is 19.9 Å². The molecule has 2 aromatic rings. The number of benzene rings is 2. The molecule has 0 aromatic heterocycles. The van der Waals surface area contributed by atoms with E-state index in [0.717, 1.165) is 36.3 Å². The molecule has 1 aliphatic heterocycles. The minimum absolute atomic E-state index is 0.100. The van der Waals surface area contributed by atoms with Crippen molar-refractivity contribution in [1.29, 1.82) is 0 Å². The van der Waals surface area contributed by atoms with Gasteiger partial charge in [-0.1, -0.05) is 30.3 Å². The number of aryl methyl sites for hydroxylation is 1. The van der Waals surface area contributed by atoms with Gasteiger partial charge >= 0.3 is 0 Å². The molecule has 0 spiro atoms. The van der Waals surface area contributed by atoms with Gasteiger partial charge in [-0.25, -0.2) is 0 Å². The Balaban J connectivity index is 1.22. The number of hydrogen-bond donors (Lipinski definition) is 2. The van der Waals surface area contributed by atoms with Crippen LogP contribution in [0.5, 0.6) is 11.5 Å². The number of ether oxygens (including phenoxy) is 3. The third-order valence-corrected chi connectivity index (χ3v) is 4.95. The highest BCUT2D eigenvalue weighted by atomic mass is 16.7. The number of rotatable bonds is 7. The monoisotopic (exact) mass is 355 g/mol. The molecular formula is C21H25NO4. The minimum atomic E-state index is -0.530. The van der Waals surface area contributed by atoms with Crippen LogP contribution in [-0.2, 0) is 17.7 Å². The SMILES string of the molecule is O[C@@H](CNCc1ccc2c(c1)OCO2)CO[C@@H]1CCCc2ccccc21. The van der Waals surface area contributed by atoms with Crippen LogP contribution in [0.15, 0.2) is 42.5 Å². The van der Waals surface area contributed by atoms with Gasteiger partial charge in [-0.15, -0.1) is 0 Å². The number of nitrogens with one attached hydrogen (secondary N) is 1. The topological polar surface area (TPSA) is 60.0 Å². The zero-order chi connectivity index (χ0) is 17.8. The van der Waals surface area contributed by atoms with E-state index in [0.29, 0.717) is 19.7 Å². The molecule has 0 bridgehead atoms. The summed E-state index contributed by atoms with van der Waals surface area (Å²) in [6, 6.07) is 14.3. The molecule has 5 nitrogen and oxygen atoms in total. The fourth-order valence-corrected chi connectivity index (χ4v) is 3.60. The highest BCUT2D eigenvalue weighted by Gasteiger charge is 2.21. The third kappa shape index (κ3) is 4.01. The quantitative estimate of drug-likeness (QED) is 0.800. The first-order valence-corrected chi connectivity index (χ1v) is 9.26. The van der Waals surface area contributed by atoms with Crippen molar-refractivity contribution in [3.05, 3.63) is 59.2 Å². The number of aliphatic hydroxyl groups excluding tert-OH is 1. The van der Waals surface area contributed by atoms with Crippen molar-refractivity contribution >= 4 is 0 Å². The summed E-state index contributed by atoms with van der Waals surface area (Å²) in [5.41, 5.74) is 3.75. The summed E-state index contributed by atoms with van der Waals surface area (Å²) in [5.74, 6) is 1.57. The lowest BCUT2D eigenvalue weighted by atomic mass is 9.89. The van der Waals surface area contributed by atoms with Crippen LogP contribution in [0.1, 0.15) is 35.6 Å². The molecule has 0 saturated heterocycles. The van der Waals surface area contributed by atoms with E-state index in [1.807, 2.05) is 18.2 Å². The molecular weight excluding hydrogens is 330 g/mol. The molecule has 2 N–H and O–H groups in total. The summed E-state index contributed by atoms with van der Waals surface area (Å²) in [6.07, 6.45) is 2.85. The van der Waals surface area contributed by atoms with Crippen LogP contribution >= 0.6 is 0 Å². The zero-order valence-electron chi connectivity index (χ0n) is 14.8. The Bertz CT molecular complexity index is 749. The Morgan fingerprint density at radius 3 is 3.00 bits per heavy atom. The van der Waals surface area contributed by atoms with Gasteiger partial charge in [0.2, 0.25) is 6.79 Å². The van der Waals surface area contributed by atoms with E-state index in [1.165, 1.54) is 11.1 Å². The lowest BCUT2D eigenvalue weighted by Gasteiger charge is -2.26. The lowest BCUT2D eigenvalue weighted by Crippen LogP contribution is -2.31. The molecule has 5 heteroatoms. The van der Waals surface area contributed by atoms with Crippen LogP contribution in [-0.4, -0.2) is 31.2 Å². The van der Waals surface area contributed by atoms with Crippen molar-refractivity contribution in [2.24, 2.45) is 0 Å². The zero-order valence-corrected chi connectivity index (χ0v) is 14.8. The fraction of sp³-hybridized carbons (Fsp3) is 0.429. The molecule has 0 unspecified atom stereocenters. The number of fused-ring (bicyclic) bond motifs is 2. The van der Waals surface area contributed by atoms with Gasteiger partial charge in [-0.2, -0.15) is 0 Å². The summed E-state index contributed by atoms with van der Waals surface area (Å²) in [4.78, 5) is 0. The second kappa shape index (κ2) is 8.08.